The van der Waals surface area contributed by atoms with Crippen LogP contribution in [-0.2, 0) is 4.74 Å². The molecule has 1 unspecified atom stereocenters. The zero-order valence-electron chi connectivity index (χ0n) is 7.83. The molecule has 1 aliphatic heterocycles. The van der Waals surface area contributed by atoms with Crippen molar-refractivity contribution in [2.24, 2.45) is 0 Å². The molecule has 0 bridgehead atoms. The molecule has 1 atom stereocenters. The van der Waals surface area contributed by atoms with E-state index >= 15 is 0 Å². The van der Waals surface area contributed by atoms with Gasteiger partial charge in [-0.3, -0.25) is 0 Å². The van der Waals surface area contributed by atoms with E-state index in [4.69, 9.17) is 10.2 Å². The molecule has 5 nitrogen and oxygen atoms in total. The average Bonchev–Trinajstić information content (AvgIpc) is 2.72. The van der Waals surface area contributed by atoms with Gasteiger partial charge in [0.25, 0.3) is 0 Å². The lowest BCUT2D eigenvalue weighted by Gasteiger charge is -2.05. The zero-order chi connectivity index (χ0) is 11.1. The molecular weight excluding hydrogens is 198 g/mol. The Morgan fingerprint density at radius 2 is 2.27 bits per heavy atom. The van der Waals surface area contributed by atoms with Crippen LogP contribution in [0.4, 0.5) is 0 Å². The highest BCUT2D eigenvalue weighted by molar-refractivity contribution is 5.85. The minimum absolute atomic E-state index is 0.227. The highest BCUT2D eigenvalue weighted by Crippen LogP contribution is 1.96. The number of carboxylic acids is 1. The van der Waals surface area contributed by atoms with Crippen molar-refractivity contribution in [1.82, 2.24) is 4.98 Å². The van der Waals surface area contributed by atoms with Gasteiger partial charge < -0.3 is 19.9 Å². The lowest BCUT2D eigenvalue weighted by molar-refractivity contribution is -0.0132. The summed E-state index contributed by atoms with van der Waals surface area (Å²) in [5.74, 6) is -0.921. The van der Waals surface area contributed by atoms with Gasteiger partial charge >= 0.3 is 5.97 Å². The van der Waals surface area contributed by atoms with Crippen molar-refractivity contribution in [1.29, 1.82) is 0 Å². The lowest BCUT2D eigenvalue weighted by Crippen LogP contribution is -2.04. The topological polar surface area (TPSA) is 82.5 Å². The van der Waals surface area contributed by atoms with Crippen molar-refractivity contribution in [2.45, 2.75) is 6.29 Å². The van der Waals surface area contributed by atoms with Crippen molar-refractivity contribution in [3.8, 4) is 0 Å². The number of allylic oxidation sites excluding steroid dienone is 2. The number of carboxylic acid groups (broad SMARTS) is 1. The van der Waals surface area contributed by atoms with Crippen LogP contribution in [0.15, 0.2) is 42.8 Å². The first-order chi connectivity index (χ1) is 7.20. The number of ether oxygens (including phenoxy) is 1. The third-order valence-corrected chi connectivity index (χ3v) is 1.51. The molecule has 80 valence electrons. The van der Waals surface area contributed by atoms with Gasteiger partial charge in [-0.05, 0) is 24.3 Å². The van der Waals surface area contributed by atoms with Crippen LogP contribution in [0.3, 0.4) is 0 Å². The first-order valence-electron chi connectivity index (χ1n) is 4.23. The van der Waals surface area contributed by atoms with E-state index in [-0.39, 0.29) is 5.69 Å². The molecule has 5 heteroatoms. The predicted octanol–water partition coefficient (Wildman–Crippen LogP) is 1.12. The number of carbonyl (C=O) groups is 1. The van der Waals surface area contributed by atoms with Crippen molar-refractivity contribution in [3.05, 3.63) is 48.5 Å². The summed E-state index contributed by atoms with van der Waals surface area (Å²) in [5.41, 5.74) is 0.227. The smallest absolute Gasteiger partial charge is 0.352 e. The van der Waals surface area contributed by atoms with Crippen molar-refractivity contribution < 1.29 is 19.7 Å². The molecule has 0 saturated carbocycles. The van der Waals surface area contributed by atoms with Crippen LogP contribution < -0.4 is 0 Å². The molecule has 1 aromatic rings. The summed E-state index contributed by atoms with van der Waals surface area (Å²) in [5, 5.41) is 16.8. The molecule has 1 aliphatic rings. The number of nitrogens with one attached hydrogen (secondary N) is 1. The van der Waals surface area contributed by atoms with Crippen molar-refractivity contribution >= 4 is 5.97 Å². The summed E-state index contributed by atoms with van der Waals surface area (Å²) in [4.78, 5) is 12.6. The number of aliphatic hydroxyl groups excluding tert-OH is 1. The van der Waals surface area contributed by atoms with E-state index in [9.17, 15) is 4.79 Å². The SMILES string of the molecule is O=C(O)c1ccc[nH]1.OC1C=CC=CO1. The average molecular weight is 209 g/mol. The normalized spacial score (nSPS) is 17.5. The van der Waals surface area contributed by atoms with Gasteiger partial charge in [0.2, 0.25) is 6.29 Å². The summed E-state index contributed by atoms with van der Waals surface area (Å²) < 4.78 is 4.57. The Bertz CT molecular complexity index is 354. The first-order valence-corrected chi connectivity index (χ1v) is 4.23. The van der Waals surface area contributed by atoms with E-state index in [1.54, 1.807) is 30.5 Å². The van der Waals surface area contributed by atoms with Crippen LogP contribution in [0.2, 0.25) is 0 Å². The quantitative estimate of drug-likeness (QED) is 0.647. The van der Waals surface area contributed by atoms with E-state index in [1.807, 2.05) is 0 Å². The number of aromatic carboxylic acids is 1. The second-order valence-corrected chi connectivity index (χ2v) is 2.63. The number of hydrogen-bond donors (Lipinski definition) is 3. The molecule has 0 aromatic carbocycles. The number of rotatable bonds is 1. The van der Waals surface area contributed by atoms with Gasteiger partial charge in [0, 0.05) is 6.20 Å². The molecule has 0 amide bonds. The molecule has 2 rings (SSSR count). The Balaban J connectivity index is 0.000000151. The van der Waals surface area contributed by atoms with Crippen LogP contribution in [0, 0.1) is 0 Å². The lowest BCUT2D eigenvalue weighted by atomic mass is 10.4. The molecule has 3 N–H and O–H groups in total. The standard InChI is InChI=1S/C5H5NO2.C5H6O2/c7-5(8)4-2-1-3-6-4;6-5-3-1-2-4-7-5/h1-3,6H,(H,7,8);1-6H. The van der Waals surface area contributed by atoms with Crippen LogP contribution in [0.1, 0.15) is 10.5 Å². The summed E-state index contributed by atoms with van der Waals surface area (Å²) in [6.45, 7) is 0. The monoisotopic (exact) mass is 209 g/mol. The Morgan fingerprint density at radius 1 is 1.47 bits per heavy atom. The second kappa shape index (κ2) is 5.66. The largest absolute Gasteiger partial charge is 0.477 e. The maximum atomic E-state index is 10.0. The van der Waals surface area contributed by atoms with Gasteiger partial charge in [0.15, 0.2) is 0 Å². The maximum absolute atomic E-state index is 10.0. The molecule has 0 spiro atoms. The van der Waals surface area contributed by atoms with E-state index < -0.39 is 12.3 Å². The van der Waals surface area contributed by atoms with Crippen LogP contribution >= 0.6 is 0 Å². The fraction of sp³-hybridized carbons (Fsp3) is 0.100. The summed E-state index contributed by atoms with van der Waals surface area (Å²) in [6.07, 6.45) is 7.29. The van der Waals surface area contributed by atoms with Crippen LogP contribution in [0.25, 0.3) is 0 Å². The maximum Gasteiger partial charge on any atom is 0.352 e. The van der Waals surface area contributed by atoms with Gasteiger partial charge in [-0.1, -0.05) is 6.08 Å². The Morgan fingerprint density at radius 3 is 2.53 bits per heavy atom. The van der Waals surface area contributed by atoms with E-state index in [1.165, 1.54) is 12.3 Å². The number of hydrogen-bond acceptors (Lipinski definition) is 3. The molecule has 0 aliphatic carbocycles. The van der Waals surface area contributed by atoms with Crippen LogP contribution in [0.5, 0.6) is 0 Å². The second-order valence-electron chi connectivity index (χ2n) is 2.63. The van der Waals surface area contributed by atoms with Crippen molar-refractivity contribution in [2.75, 3.05) is 0 Å². The number of aromatic amines is 1. The summed E-state index contributed by atoms with van der Waals surface area (Å²) in [7, 11) is 0. The van der Waals surface area contributed by atoms with Crippen molar-refractivity contribution in [3.63, 3.8) is 0 Å². The molecule has 0 fully saturated rings. The third-order valence-electron chi connectivity index (χ3n) is 1.51. The minimum Gasteiger partial charge on any atom is -0.477 e. The van der Waals surface area contributed by atoms with Gasteiger partial charge in [0.1, 0.15) is 5.69 Å². The van der Waals surface area contributed by atoms with E-state index in [0.717, 1.165) is 0 Å². The fourth-order valence-corrected chi connectivity index (χ4v) is 0.839. The van der Waals surface area contributed by atoms with Gasteiger partial charge in [-0.15, -0.1) is 0 Å². The highest BCUT2D eigenvalue weighted by atomic mass is 16.6. The number of aliphatic hydroxyl groups is 1. The Hall–Kier alpha value is -2.01. The molecule has 15 heavy (non-hydrogen) atoms. The first kappa shape index (κ1) is 11.1. The highest BCUT2D eigenvalue weighted by Gasteiger charge is 1.98. The molecular formula is C10H11NO4. The summed E-state index contributed by atoms with van der Waals surface area (Å²) in [6, 6.07) is 3.14. The van der Waals surface area contributed by atoms with Gasteiger partial charge in [-0.2, -0.15) is 0 Å². The molecule has 0 saturated heterocycles. The summed E-state index contributed by atoms with van der Waals surface area (Å²) >= 11 is 0. The Labute approximate surface area is 86.3 Å². The van der Waals surface area contributed by atoms with Crippen LogP contribution in [-0.4, -0.2) is 27.5 Å². The number of aromatic nitrogens is 1. The van der Waals surface area contributed by atoms with E-state index in [2.05, 4.69) is 9.72 Å². The predicted molar refractivity (Wildman–Crippen MR) is 53.1 cm³/mol. The molecule has 2 heterocycles. The number of H-pyrrole nitrogens is 1. The van der Waals surface area contributed by atoms with Gasteiger partial charge in [0.05, 0.1) is 6.26 Å². The third kappa shape index (κ3) is 4.15. The zero-order valence-corrected chi connectivity index (χ0v) is 7.83. The fourth-order valence-electron chi connectivity index (χ4n) is 0.839. The molecule has 0 radical (unpaired) electrons. The van der Waals surface area contributed by atoms with Gasteiger partial charge in [-0.25, -0.2) is 4.79 Å². The molecule has 1 aromatic heterocycles. The Kier molecular flexibility index (Phi) is 4.18. The van der Waals surface area contributed by atoms with E-state index in [0.29, 0.717) is 0 Å². The minimum atomic E-state index is -0.921.